The minimum absolute atomic E-state index is 0.223. The first-order valence-electron chi connectivity index (χ1n) is 6.25. The zero-order valence-corrected chi connectivity index (χ0v) is 11.7. The summed E-state index contributed by atoms with van der Waals surface area (Å²) >= 11 is 5.62. The average molecular weight is 245 g/mol. The minimum Gasteiger partial charge on any atom is -0.311 e. The van der Waals surface area contributed by atoms with Crippen molar-refractivity contribution in [2.24, 2.45) is 5.92 Å². The van der Waals surface area contributed by atoms with Gasteiger partial charge in [-0.25, -0.2) is 0 Å². The van der Waals surface area contributed by atoms with Crippen LogP contribution in [0.4, 0.5) is 0 Å². The fraction of sp³-hybridized carbons (Fsp3) is 0.846. The lowest BCUT2D eigenvalue weighted by Crippen LogP contribution is -2.63. The molecule has 0 bridgehead atoms. The maximum atomic E-state index is 5.62. The van der Waals surface area contributed by atoms with Crippen molar-refractivity contribution in [3.05, 3.63) is 11.6 Å². The third kappa shape index (κ3) is 3.47. The van der Waals surface area contributed by atoms with E-state index in [0.29, 0.717) is 6.04 Å². The average Bonchev–Trinajstić information content (AvgIpc) is 2.26. The van der Waals surface area contributed by atoms with Crippen molar-refractivity contribution in [3.8, 4) is 0 Å². The number of hydrogen-bond acceptors (Lipinski definition) is 2. The Hall–Kier alpha value is -0.0500. The topological polar surface area (TPSA) is 15.3 Å². The van der Waals surface area contributed by atoms with E-state index < -0.39 is 0 Å². The summed E-state index contributed by atoms with van der Waals surface area (Å²) in [4.78, 5) is 2.51. The van der Waals surface area contributed by atoms with Gasteiger partial charge in [-0.15, -0.1) is 0 Å². The van der Waals surface area contributed by atoms with E-state index in [1.54, 1.807) is 5.54 Å². The number of hydrogen-bond donors (Lipinski definition) is 1. The number of nitrogens with zero attached hydrogens (tertiary/aromatic N) is 1. The van der Waals surface area contributed by atoms with Gasteiger partial charge in [0.15, 0.2) is 0 Å². The van der Waals surface area contributed by atoms with E-state index in [1.807, 2.05) is 6.08 Å². The van der Waals surface area contributed by atoms with Crippen molar-refractivity contribution in [2.75, 3.05) is 19.6 Å². The molecule has 0 saturated carbocycles. The van der Waals surface area contributed by atoms with Crippen molar-refractivity contribution < 1.29 is 0 Å². The Morgan fingerprint density at radius 1 is 1.56 bits per heavy atom. The molecule has 0 aromatic carbocycles. The molecule has 1 N–H and O–H groups in total. The number of piperazine rings is 1. The minimum atomic E-state index is 0.223. The summed E-state index contributed by atoms with van der Waals surface area (Å²) in [6, 6.07) is 0.613. The van der Waals surface area contributed by atoms with Crippen LogP contribution in [-0.4, -0.2) is 36.1 Å². The lowest BCUT2D eigenvalue weighted by molar-refractivity contribution is 0.0631. The fourth-order valence-corrected chi connectivity index (χ4v) is 2.28. The molecule has 0 amide bonds. The number of halogens is 1. The molecule has 0 aliphatic carbocycles. The molecule has 16 heavy (non-hydrogen) atoms. The van der Waals surface area contributed by atoms with E-state index >= 15 is 0 Å². The fourth-order valence-electron chi connectivity index (χ4n) is 2.20. The first kappa shape index (κ1) is 14.0. The molecule has 0 radical (unpaired) electrons. The molecule has 1 rings (SSSR count). The molecule has 0 spiro atoms. The summed E-state index contributed by atoms with van der Waals surface area (Å²) in [6.07, 6.45) is 3.26. The van der Waals surface area contributed by atoms with Gasteiger partial charge in [0.2, 0.25) is 0 Å². The van der Waals surface area contributed by atoms with Crippen LogP contribution < -0.4 is 5.32 Å². The van der Waals surface area contributed by atoms with Gasteiger partial charge in [0.1, 0.15) is 0 Å². The van der Waals surface area contributed by atoms with E-state index in [9.17, 15) is 0 Å². The van der Waals surface area contributed by atoms with Gasteiger partial charge in [0.05, 0.1) is 0 Å². The third-order valence-corrected chi connectivity index (χ3v) is 3.99. The highest BCUT2D eigenvalue weighted by Crippen LogP contribution is 2.22. The van der Waals surface area contributed by atoms with E-state index in [0.717, 1.165) is 25.6 Å². The van der Waals surface area contributed by atoms with E-state index in [4.69, 9.17) is 11.6 Å². The predicted molar refractivity (Wildman–Crippen MR) is 71.9 cm³/mol. The first-order valence-corrected chi connectivity index (χ1v) is 6.68. The summed E-state index contributed by atoms with van der Waals surface area (Å²) < 4.78 is 0. The van der Waals surface area contributed by atoms with Gasteiger partial charge in [-0.1, -0.05) is 37.9 Å². The van der Waals surface area contributed by atoms with Gasteiger partial charge in [-0.2, -0.15) is 0 Å². The van der Waals surface area contributed by atoms with Crippen LogP contribution in [0.15, 0.2) is 11.6 Å². The molecular weight excluding hydrogens is 220 g/mol. The summed E-state index contributed by atoms with van der Waals surface area (Å²) in [7, 11) is 0. The second-order valence-corrected chi connectivity index (χ2v) is 5.70. The van der Waals surface area contributed by atoms with Crippen LogP contribution in [0, 0.1) is 5.92 Å². The maximum absolute atomic E-state index is 5.62. The van der Waals surface area contributed by atoms with Crippen LogP contribution in [0.2, 0.25) is 0 Å². The van der Waals surface area contributed by atoms with Crippen molar-refractivity contribution in [2.45, 2.75) is 45.7 Å². The van der Waals surface area contributed by atoms with Crippen LogP contribution in [0.3, 0.4) is 0 Å². The molecule has 2 unspecified atom stereocenters. The smallest absolute Gasteiger partial charge is 0.0281 e. The second-order valence-electron chi connectivity index (χ2n) is 5.45. The van der Waals surface area contributed by atoms with Gasteiger partial charge in [-0.3, -0.25) is 4.90 Å². The van der Waals surface area contributed by atoms with E-state index in [1.165, 1.54) is 6.42 Å². The molecule has 1 aliphatic heterocycles. The summed E-state index contributed by atoms with van der Waals surface area (Å²) in [5.41, 5.74) is 1.84. The Kier molecular flexibility index (Phi) is 5.29. The Labute approximate surface area is 105 Å². The van der Waals surface area contributed by atoms with Gasteiger partial charge in [0, 0.05) is 36.8 Å². The molecule has 2 nitrogen and oxygen atoms in total. The van der Waals surface area contributed by atoms with Crippen molar-refractivity contribution >= 4 is 11.6 Å². The number of nitrogens with one attached hydrogen (secondary N) is 1. The van der Waals surface area contributed by atoms with E-state index in [-0.39, 0.29) is 5.54 Å². The molecule has 1 saturated heterocycles. The lowest BCUT2D eigenvalue weighted by Gasteiger charge is -2.47. The zero-order chi connectivity index (χ0) is 12.2. The Morgan fingerprint density at radius 2 is 2.25 bits per heavy atom. The van der Waals surface area contributed by atoms with E-state index in [2.05, 4.69) is 37.9 Å². The van der Waals surface area contributed by atoms with Crippen molar-refractivity contribution in [3.63, 3.8) is 0 Å². The van der Waals surface area contributed by atoms with Crippen LogP contribution in [-0.2, 0) is 0 Å². The SMILES string of the molecule is CCC(C)C1CN(C/C=C/Cl)C(C)(C)CN1. The molecule has 0 aromatic rings. The third-order valence-electron chi connectivity index (χ3n) is 3.82. The van der Waals surface area contributed by atoms with Gasteiger partial charge >= 0.3 is 0 Å². The molecule has 1 fully saturated rings. The molecule has 2 atom stereocenters. The lowest BCUT2D eigenvalue weighted by atomic mass is 9.91. The maximum Gasteiger partial charge on any atom is 0.0281 e. The quantitative estimate of drug-likeness (QED) is 0.818. The van der Waals surface area contributed by atoms with Crippen LogP contribution in [0.1, 0.15) is 34.1 Å². The number of rotatable bonds is 4. The van der Waals surface area contributed by atoms with Gasteiger partial charge in [-0.05, 0) is 19.8 Å². The molecule has 3 heteroatoms. The molecule has 0 aromatic heterocycles. The highest BCUT2D eigenvalue weighted by atomic mass is 35.5. The van der Waals surface area contributed by atoms with Gasteiger partial charge < -0.3 is 5.32 Å². The molecule has 1 heterocycles. The highest BCUT2D eigenvalue weighted by molar-refractivity contribution is 6.25. The second kappa shape index (κ2) is 6.04. The molecule has 1 aliphatic rings. The van der Waals surface area contributed by atoms with Crippen LogP contribution >= 0.6 is 11.6 Å². The first-order chi connectivity index (χ1) is 7.51. The summed E-state index contributed by atoms with van der Waals surface area (Å²) in [5, 5.41) is 3.67. The zero-order valence-electron chi connectivity index (χ0n) is 11.0. The van der Waals surface area contributed by atoms with Crippen LogP contribution in [0.25, 0.3) is 0 Å². The van der Waals surface area contributed by atoms with Crippen molar-refractivity contribution in [1.29, 1.82) is 0 Å². The monoisotopic (exact) mass is 244 g/mol. The Morgan fingerprint density at radius 3 is 2.81 bits per heavy atom. The predicted octanol–water partition coefficient (Wildman–Crippen LogP) is 2.84. The highest BCUT2D eigenvalue weighted by Gasteiger charge is 2.34. The summed E-state index contributed by atoms with van der Waals surface area (Å²) in [6.45, 7) is 12.3. The van der Waals surface area contributed by atoms with Gasteiger partial charge in [0.25, 0.3) is 0 Å². The molecule has 94 valence electrons. The van der Waals surface area contributed by atoms with Crippen LogP contribution in [0.5, 0.6) is 0 Å². The Balaban J connectivity index is 2.62. The summed E-state index contributed by atoms with van der Waals surface area (Å²) in [5.74, 6) is 0.735. The molecular formula is C13H25ClN2. The normalized spacial score (nSPS) is 28.4. The van der Waals surface area contributed by atoms with Crippen molar-refractivity contribution in [1.82, 2.24) is 10.2 Å². The standard InChI is InChI=1S/C13H25ClN2/c1-5-11(2)12-9-16(8-6-7-14)13(3,4)10-15-12/h6-7,11-12,15H,5,8-10H2,1-4H3/b7-6+. The largest absolute Gasteiger partial charge is 0.311 e. The Bertz CT molecular complexity index is 238.